The fraction of sp³-hybridized carbons (Fsp3) is 0.188. The average Bonchev–Trinajstić information content (AvgIpc) is 2.46. The van der Waals surface area contributed by atoms with Gasteiger partial charge < -0.3 is 15.1 Å². The van der Waals surface area contributed by atoms with Gasteiger partial charge in [0, 0.05) is 23.2 Å². The Morgan fingerprint density at radius 3 is 2.64 bits per heavy atom. The zero-order chi connectivity index (χ0) is 15.7. The molecule has 2 aromatic rings. The van der Waals surface area contributed by atoms with Crippen LogP contribution < -0.4 is 4.90 Å². The van der Waals surface area contributed by atoms with Crippen LogP contribution in [0.4, 0.5) is 5.69 Å². The van der Waals surface area contributed by atoms with Gasteiger partial charge in [-0.3, -0.25) is 14.6 Å². The van der Waals surface area contributed by atoms with E-state index in [-0.39, 0.29) is 13.0 Å². The molecule has 0 amide bonds. The first kappa shape index (κ1) is 14.1. The fourth-order valence-corrected chi connectivity index (χ4v) is 2.64. The number of benzene rings is 1. The summed E-state index contributed by atoms with van der Waals surface area (Å²) in [7, 11) is 0. The van der Waals surface area contributed by atoms with Crippen LogP contribution in [0.2, 0.25) is 0 Å². The lowest BCUT2D eigenvalue weighted by atomic mass is 10.0. The number of hydrogen-bond donors (Lipinski definition) is 2. The average molecular weight is 298 g/mol. The van der Waals surface area contributed by atoms with Crippen LogP contribution in [0.15, 0.2) is 30.3 Å². The number of aliphatic carboxylic acids is 2. The first-order valence-electron chi connectivity index (χ1n) is 6.82. The Labute approximate surface area is 126 Å². The standard InChI is InChI=1S/C16H14N2O4/c19-14(20)8-11-5-3-10-4-6-13-12(16(10)17-11)2-1-7-18(13)9-15(21)22/h1-6H,7-9H2,(H,19,20)(H,21,22). The van der Waals surface area contributed by atoms with Crippen LogP contribution in [0.5, 0.6) is 0 Å². The van der Waals surface area contributed by atoms with Gasteiger partial charge in [0.05, 0.1) is 17.6 Å². The molecule has 0 aliphatic carbocycles. The number of anilines is 1. The molecule has 22 heavy (non-hydrogen) atoms. The van der Waals surface area contributed by atoms with Gasteiger partial charge in [-0.05, 0) is 12.1 Å². The summed E-state index contributed by atoms with van der Waals surface area (Å²) >= 11 is 0. The van der Waals surface area contributed by atoms with Crippen molar-refractivity contribution in [3.8, 4) is 0 Å². The lowest BCUT2D eigenvalue weighted by molar-refractivity contribution is -0.136. The van der Waals surface area contributed by atoms with Gasteiger partial charge in [-0.2, -0.15) is 0 Å². The summed E-state index contributed by atoms with van der Waals surface area (Å²) in [6.07, 6.45) is 3.66. The molecule has 0 bridgehead atoms. The normalized spacial score (nSPS) is 13.2. The molecular weight excluding hydrogens is 284 g/mol. The molecule has 0 radical (unpaired) electrons. The molecule has 112 valence electrons. The van der Waals surface area contributed by atoms with Crippen molar-refractivity contribution in [1.82, 2.24) is 4.98 Å². The SMILES string of the molecule is O=C(O)Cc1ccc2ccc3c(c2n1)C=CCN3CC(=O)O. The van der Waals surface area contributed by atoms with E-state index in [0.717, 1.165) is 16.6 Å². The quantitative estimate of drug-likeness (QED) is 0.894. The van der Waals surface area contributed by atoms with Gasteiger partial charge in [0.1, 0.15) is 6.54 Å². The van der Waals surface area contributed by atoms with E-state index >= 15 is 0 Å². The molecule has 3 rings (SSSR count). The molecule has 0 saturated carbocycles. The van der Waals surface area contributed by atoms with Gasteiger partial charge in [-0.15, -0.1) is 0 Å². The maximum absolute atomic E-state index is 11.0. The largest absolute Gasteiger partial charge is 0.481 e. The molecular formula is C16H14N2O4. The molecule has 1 aliphatic heterocycles. The van der Waals surface area contributed by atoms with Gasteiger partial charge in [0.15, 0.2) is 0 Å². The second kappa shape index (κ2) is 5.48. The lowest BCUT2D eigenvalue weighted by Crippen LogP contribution is -2.31. The topological polar surface area (TPSA) is 90.7 Å². The van der Waals surface area contributed by atoms with Crippen molar-refractivity contribution in [1.29, 1.82) is 0 Å². The van der Waals surface area contributed by atoms with Crippen molar-refractivity contribution < 1.29 is 19.8 Å². The van der Waals surface area contributed by atoms with Gasteiger partial charge in [0.25, 0.3) is 0 Å². The van der Waals surface area contributed by atoms with E-state index in [9.17, 15) is 9.59 Å². The number of carbonyl (C=O) groups is 2. The highest BCUT2D eigenvalue weighted by Gasteiger charge is 2.18. The number of fused-ring (bicyclic) bond motifs is 3. The highest BCUT2D eigenvalue weighted by atomic mass is 16.4. The van der Waals surface area contributed by atoms with Crippen molar-refractivity contribution in [2.75, 3.05) is 18.0 Å². The summed E-state index contributed by atoms with van der Waals surface area (Å²) in [5, 5.41) is 18.8. The predicted octanol–water partition coefficient (Wildman–Crippen LogP) is 1.78. The van der Waals surface area contributed by atoms with Crippen LogP contribution in [-0.4, -0.2) is 40.2 Å². The van der Waals surface area contributed by atoms with E-state index in [0.29, 0.717) is 17.8 Å². The summed E-state index contributed by atoms with van der Waals surface area (Å²) in [6, 6.07) is 7.29. The summed E-state index contributed by atoms with van der Waals surface area (Å²) in [5.74, 6) is -1.83. The van der Waals surface area contributed by atoms with Crippen molar-refractivity contribution >= 4 is 34.6 Å². The molecule has 0 atom stereocenters. The maximum atomic E-state index is 11.0. The predicted molar refractivity (Wildman–Crippen MR) is 82.0 cm³/mol. The molecule has 6 heteroatoms. The molecule has 0 saturated heterocycles. The van der Waals surface area contributed by atoms with Crippen molar-refractivity contribution in [3.63, 3.8) is 0 Å². The third-order valence-corrected chi connectivity index (χ3v) is 3.55. The van der Waals surface area contributed by atoms with E-state index < -0.39 is 11.9 Å². The number of aromatic nitrogens is 1. The molecule has 2 N–H and O–H groups in total. The molecule has 1 aromatic heterocycles. The third-order valence-electron chi connectivity index (χ3n) is 3.55. The van der Waals surface area contributed by atoms with Crippen molar-refractivity contribution in [3.05, 3.63) is 41.6 Å². The summed E-state index contributed by atoms with van der Waals surface area (Å²) in [4.78, 5) is 28.0. The zero-order valence-corrected chi connectivity index (χ0v) is 11.7. The number of carboxylic acid groups (broad SMARTS) is 2. The van der Waals surface area contributed by atoms with E-state index in [1.807, 2.05) is 30.4 Å². The second-order valence-corrected chi connectivity index (χ2v) is 5.12. The van der Waals surface area contributed by atoms with Crippen molar-refractivity contribution in [2.45, 2.75) is 6.42 Å². The van der Waals surface area contributed by atoms with Crippen LogP contribution >= 0.6 is 0 Å². The molecule has 1 aliphatic rings. The third kappa shape index (κ3) is 2.63. The molecule has 2 heterocycles. The van der Waals surface area contributed by atoms with Crippen LogP contribution in [0.3, 0.4) is 0 Å². The minimum absolute atomic E-state index is 0.0857. The van der Waals surface area contributed by atoms with Crippen LogP contribution in [0, 0.1) is 0 Å². The zero-order valence-electron chi connectivity index (χ0n) is 11.7. The number of rotatable bonds is 4. The highest BCUT2D eigenvalue weighted by molar-refractivity contribution is 5.95. The second-order valence-electron chi connectivity index (χ2n) is 5.12. The van der Waals surface area contributed by atoms with E-state index in [2.05, 4.69) is 4.98 Å². The Balaban J connectivity index is 2.11. The van der Waals surface area contributed by atoms with Gasteiger partial charge >= 0.3 is 11.9 Å². The molecule has 0 fully saturated rings. The number of nitrogens with zero attached hydrogens (tertiary/aromatic N) is 2. The van der Waals surface area contributed by atoms with Crippen molar-refractivity contribution in [2.24, 2.45) is 0 Å². The summed E-state index contributed by atoms with van der Waals surface area (Å²) in [5.41, 5.74) is 2.81. The first-order chi connectivity index (χ1) is 10.5. The molecule has 6 nitrogen and oxygen atoms in total. The van der Waals surface area contributed by atoms with Gasteiger partial charge in [-0.25, -0.2) is 0 Å². The van der Waals surface area contributed by atoms with E-state index in [4.69, 9.17) is 10.2 Å². The van der Waals surface area contributed by atoms with Crippen LogP contribution in [0.25, 0.3) is 17.0 Å². The molecule has 0 spiro atoms. The highest BCUT2D eigenvalue weighted by Crippen LogP contribution is 2.31. The summed E-state index contributed by atoms with van der Waals surface area (Å²) < 4.78 is 0. The van der Waals surface area contributed by atoms with Gasteiger partial charge in [0.2, 0.25) is 0 Å². The Hall–Kier alpha value is -2.89. The summed E-state index contributed by atoms with van der Waals surface area (Å²) in [6.45, 7) is 0.442. The monoisotopic (exact) mass is 298 g/mol. The Morgan fingerprint density at radius 2 is 1.91 bits per heavy atom. The first-order valence-corrected chi connectivity index (χ1v) is 6.82. The number of hydrogen-bond acceptors (Lipinski definition) is 4. The maximum Gasteiger partial charge on any atom is 0.323 e. The molecule has 1 aromatic carbocycles. The van der Waals surface area contributed by atoms with E-state index in [1.165, 1.54) is 0 Å². The van der Waals surface area contributed by atoms with Gasteiger partial charge in [-0.1, -0.05) is 24.3 Å². The Morgan fingerprint density at radius 1 is 1.14 bits per heavy atom. The number of carboxylic acids is 2. The Bertz CT molecular complexity index is 798. The minimum Gasteiger partial charge on any atom is -0.481 e. The van der Waals surface area contributed by atoms with Crippen LogP contribution in [-0.2, 0) is 16.0 Å². The van der Waals surface area contributed by atoms with E-state index in [1.54, 1.807) is 11.0 Å². The molecule has 0 unspecified atom stereocenters. The van der Waals surface area contributed by atoms with Crippen LogP contribution in [0.1, 0.15) is 11.3 Å². The Kier molecular flexibility index (Phi) is 3.50. The fourth-order valence-electron chi connectivity index (χ4n) is 2.64. The number of pyridine rings is 1. The minimum atomic E-state index is -0.931. The smallest absolute Gasteiger partial charge is 0.323 e. The lowest BCUT2D eigenvalue weighted by Gasteiger charge is -2.27.